The Labute approximate surface area is 114 Å². The fourth-order valence-corrected chi connectivity index (χ4v) is 1.69. The first-order valence-electron chi connectivity index (χ1n) is 5.74. The first kappa shape index (κ1) is 13.7. The van der Waals surface area contributed by atoms with Crippen molar-refractivity contribution in [3.63, 3.8) is 0 Å². The van der Waals surface area contributed by atoms with Gasteiger partial charge in [0.2, 0.25) is 0 Å². The third-order valence-electron chi connectivity index (χ3n) is 2.85. The molecule has 7 heteroatoms. The van der Waals surface area contributed by atoms with Crippen LogP contribution in [0.3, 0.4) is 0 Å². The normalized spacial score (nSPS) is 14.8. The summed E-state index contributed by atoms with van der Waals surface area (Å²) in [6.45, 7) is 1.26. The number of methoxy groups -OCH3 is 1. The summed E-state index contributed by atoms with van der Waals surface area (Å²) in [4.78, 5) is 51.4. The largest absolute Gasteiger partial charge is 0.468 e. The van der Waals surface area contributed by atoms with Crippen LogP contribution in [0.25, 0.3) is 0 Å². The summed E-state index contributed by atoms with van der Waals surface area (Å²) in [5.41, 5.74) is 0.298. The second-order valence-electron chi connectivity index (χ2n) is 4.11. The summed E-state index contributed by atoms with van der Waals surface area (Å²) in [6.07, 6.45) is 0. The van der Waals surface area contributed by atoms with Crippen LogP contribution in [0, 0.1) is 5.92 Å². The molecule has 1 heterocycles. The van der Waals surface area contributed by atoms with E-state index in [0.717, 1.165) is 7.11 Å². The standard InChI is InChI=1S/C13H11NO6/c1-7(12(17)19-2)13(18)20-14-10(15)8-5-3-4-6-9(8)11(14)16/h3-7H,1-2H3. The number of imide groups is 1. The highest BCUT2D eigenvalue weighted by Crippen LogP contribution is 2.23. The topological polar surface area (TPSA) is 90.0 Å². The number of rotatable bonds is 3. The van der Waals surface area contributed by atoms with Gasteiger partial charge in [0.15, 0.2) is 5.92 Å². The Balaban J connectivity index is 2.17. The average Bonchev–Trinajstić information content (AvgIpc) is 2.71. The highest BCUT2D eigenvalue weighted by molar-refractivity contribution is 6.21. The van der Waals surface area contributed by atoms with E-state index >= 15 is 0 Å². The maximum Gasteiger partial charge on any atom is 0.347 e. The van der Waals surface area contributed by atoms with Gasteiger partial charge in [0, 0.05) is 0 Å². The van der Waals surface area contributed by atoms with E-state index in [2.05, 4.69) is 4.74 Å². The van der Waals surface area contributed by atoms with Crippen LogP contribution in [0.4, 0.5) is 0 Å². The van der Waals surface area contributed by atoms with Gasteiger partial charge < -0.3 is 9.57 Å². The third-order valence-corrected chi connectivity index (χ3v) is 2.85. The van der Waals surface area contributed by atoms with E-state index in [-0.39, 0.29) is 11.1 Å². The predicted molar refractivity (Wildman–Crippen MR) is 64.2 cm³/mol. The molecule has 20 heavy (non-hydrogen) atoms. The molecule has 104 valence electrons. The first-order valence-corrected chi connectivity index (χ1v) is 5.74. The van der Waals surface area contributed by atoms with Crippen LogP contribution in [0.1, 0.15) is 27.6 Å². The summed E-state index contributed by atoms with van der Waals surface area (Å²) < 4.78 is 4.38. The number of hydrogen-bond acceptors (Lipinski definition) is 6. The van der Waals surface area contributed by atoms with Gasteiger partial charge in [-0.25, -0.2) is 4.79 Å². The van der Waals surface area contributed by atoms with Crippen LogP contribution in [-0.2, 0) is 19.2 Å². The average molecular weight is 277 g/mol. The third kappa shape index (κ3) is 2.13. The van der Waals surface area contributed by atoms with Gasteiger partial charge in [0.25, 0.3) is 11.8 Å². The number of carbonyl (C=O) groups is 4. The fourth-order valence-electron chi connectivity index (χ4n) is 1.69. The minimum Gasteiger partial charge on any atom is -0.468 e. The van der Waals surface area contributed by atoms with Crippen molar-refractivity contribution in [2.24, 2.45) is 5.92 Å². The Morgan fingerprint density at radius 2 is 1.55 bits per heavy atom. The lowest BCUT2D eigenvalue weighted by Crippen LogP contribution is -2.36. The predicted octanol–water partition coefficient (Wildman–Crippen LogP) is 0.550. The zero-order chi connectivity index (χ0) is 14.9. The number of hydroxylamine groups is 2. The molecule has 1 atom stereocenters. The zero-order valence-corrected chi connectivity index (χ0v) is 10.8. The Hall–Kier alpha value is -2.70. The van der Waals surface area contributed by atoms with Crippen molar-refractivity contribution in [3.8, 4) is 0 Å². The van der Waals surface area contributed by atoms with Gasteiger partial charge in [-0.05, 0) is 19.1 Å². The molecule has 2 amide bonds. The molecule has 7 nitrogen and oxygen atoms in total. The van der Waals surface area contributed by atoms with Gasteiger partial charge in [-0.1, -0.05) is 17.2 Å². The zero-order valence-electron chi connectivity index (χ0n) is 10.8. The molecule has 0 fully saturated rings. The molecule has 0 saturated heterocycles. The highest BCUT2D eigenvalue weighted by Gasteiger charge is 2.40. The molecule has 1 aromatic rings. The molecule has 1 aliphatic rings. The Morgan fingerprint density at radius 1 is 1.05 bits per heavy atom. The SMILES string of the molecule is COC(=O)C(C)C(=O)ON1C(=O)c2ccccc2C1=O. The first-order chi connectivity index (χ1) is 9.47. The molecule has 0 aliphatic carbocycles. The second-order valence-corrected chi connectivity index (χ2v) is 4.11. The molecular formula is C13H11NO6. The van der Waals surface area contributed by atoms with Crippen LogP contribution in [0.5, 0.6) is 0 Å². The van der Waals surface area contributed by atoms with E-state index in [0.29, 0.717) is 5.06 Å². The second kappa shape index (κ2) is 5.12. The van der Waals surface area contributed by atoms with Gasteiger partial charge in [-0.15, -0.1) is 0 Å². The van der Waals surface area contributed by atoms with Crippen LogP contribution in [0.2, 0.25) is 0 Å². The summed E-state index contributed by atoms with van der Waals surface area (Å²) in [5, 5.41) is 0.354. The van der Waals surface area contributed by atoms with Gasteiger partial charge >= 0.3 is 11.9 Å². The van der Waals surface area contributed by atoms with E-state index in [1.54, 1.807) is 12.1 Å². The molecular weight excluding hydrogens is 266 g/mol. The molecule has 0 saturated carbocycles. The molecule has 1 unspecified atom stereocenters. The van der Waals surface area contributed by atoms with Gasteiger partial charge in [0.05, 0.1) is 18.2 Å². The van der Waals surface area contributed by atoms with E-state index in [4.69, 9.17) is 4.84 Å². The van der Waals surface area contributed by atoms with Crippen molar-refractivity contribution < 1.29 is 28.8 Å². The molecule has 1 aliphatic heterocycles. The van der Waals surface area contributed by atoms with Crippen molar-refractivity contribution in [1.29, 1.82) is 0 Å². The summed E-state index contributed by atoms with van der Waals surface area (Å²) in [7, 11) is 1.12. The van der Waals surface area contributed by atoms with E-state index in [1.165, 1.54) is 19.1 Å². The number of esters is 1. The number of benzene rings is 1. The number of nitrogens with zero attached hydrogens (tertiary/aromatic N) is 1. The fraction of sp³-hybridized carbons (Fsp3) is 0.231. The van der Waals surface area contributed by atoms with Crippen molar-refractivity contribution in [3.05, 3.63) is 35.4 Å². The lowest BCUT2D eigenvalue weighted by Gasteiger charge is -2.14. The van der Waals surface area contributed by atoms with E-state index < -0.39 is 29.7 Å². The van der Waals surface area contributed by atoms with Crippen LogP contribution >= 0.6 is 0 Å². The lowest BCUT2D eigenvalue weighted by molar-refractivity contribution is -0.178. The Bertz CT molecular complexity index is 574. The number of ether oxygens (including phenoxy) is 1. The maximum absolute atomic E-state index is 11.9. The minimum absolute atomic E-state index is 0.149. The van der Waals surface area contributed by atoms with Gasteiger partial charge in [-0.2, -0.15) is 0 Å². The number of amides is 2. The Kier molecular flexibility index (Phi) is 3.51. The number of fused-ring (bicyclic) bond motifs is 1. The monoisotopic (exact) mass is 277 g/mol. The highest BCUT2D eigenvalue weighted by atomic mass is 16.7. The molecule has 0 N–H and O–H groups in total. The lowest BCUT2D eigenvalue weighted by atomic mass is 10.1. The molecule has 2 rings (SSSR count). The van der Waals surface area contributed by atoms with Crippen molar-refractivity contribution in [1.82, 2.24) is 5.06 Å². The van der Waals surface area contributed by atoms with Crippen molar-refractivity contribution >= 4 is 23.8 Å². The smallest absolute Gasteiger partial charge is 0.347 e. The van der Waals surface area contributed by atoms with Crippen LogP contribution in [0.15, 0.2) is 24.3 Å². The quantitative estimate of drug-likeness (QED) is 0.455. The molecule has 1 aromatic carbocycles. The molecule has 0 aromatic heterocycles. The van der Waals surface area contributed by atoms with Crippen molar-refractivity contribution in [2.45, 2.75) is 6.92 Å². The van der Waals surface area contributed by atoms with Gasteiger partial charge in [0.1, 0.15) is 0 Å². The van der Waals surface area contributed by atoms with E-state index in [1.807, 2.05) is 0 Å². The van der Waals surface area contributed by atoms with Gasteiger partial charge in [-0.3, -0.25) is 14.4 Å². The molecule has 0 spiro atoms. The maximum atomic E-state index is 11.9. The number of carbonyl (C=O) groups excluding carboxylic acids is 4. The van der Waals surface area contributed by atoms with Crippen LogP contribution in [-0.4, -0.2) is 35.9 Å². The minimum atomic E-state index is -1.23. The molecule has 0 bridgehead atoms. The summed E-state index contributed by atoms with van der Waals surface area (Å²) in [5.74, 6) is -4.56. The van der Waals surface area contributed by atoms with Crippen LogP contribution < -0.4 is 0 Å². The Morgan fingerprint density at radius 3 is 2.00 bits per heavy atom. The molecule has 0 radical (unpaired) electrons. The van der Waals surface area contributed by atoms with Crippen molar-refractivity contribution in [2.75, 3.05) is 7.11 Å². The van der Waals surface area contributed by atoms with E-state index in [9.17, 15) is 19.2 Å². The number of hydrogen-bond donors (Lipinski definition) is 0. The summed E-state index contributed by atoms with van der Waals surface area (Å²) in [6, 6.07) is 6.08. The summed E-state index contributed by atoms with van der Waals surface area (Å²) >= 11 is 0.